The maximum Gasteiger partial charge on any atom is 0.265 e. The van der Waals surface area contributed by atoms with E-state index >= 15 is 0 Å². The SMILES string of the molecule is COC(C)CC1CCC(C)C(C(C[N+](C)(C)C)OP(=O)([O-])O)C1. The van der Waals surface area contributed by atoms with E-state index < -0.39 is 13.9 Å². The van der Waals surface area contributed by atoms with Crippen molar-refractivity contribution in [2.45, 2.75) is 51.7 Å². The molecule has 1 aliphatic rings. The maximum atomic E-state index is 11.3. The minimum absolute atomic E-state index is 0.129. The average Bonchev–Trinajstić information content (AvgIpc) is 2.36. The minimum Gasteiger partial charge on any atom is -0.756 e. The zero-order valence-corrected chi connectivity index (χ0v) is 16.3. The third-order valence-corrected chi connectivity index (χ3v) is 5.45. The van der Waals surface area contributed by atoms with Crippen LogP contribution in [-0.2, 0) is 13.8 Å². The molecule has 0 saturated heterocycles. The first kappa shape index (κ1) is 21.1. The van der Waals surface area contributed by atoms with Gasteiger partial charge in [-0.15, -0.1) is 0 Å². The first-order valence-electron chi connectivity index (χ1n) is 8.46. The summed E-state index contributed by atoms with van der Waals surface area (Å²) in [6.07, 6.45) is 3.80. The lowest BCUT2D eigenvalue weighted by Gasteiger charge is -2.42. The Hall–Kier alpha value is 0.0300. The van der Waals surface area contributed by atoms with Gasteiger partial charge in [-0.25, -0.2) is 0 Å². The van der Waals surface area contributed by atoms with Crippen LogP contribution in [0.2, 0.25) is 0 Å². The fraction of sp³-hybridized carbons (Fsp3) is 1.00. The molecule has 0 aliphatic heterocycles. The lowest BCUT2D eigenvalue weighted by molar-refractivity contribution is -0.873. The van der Waals surface area contributed by atoms with Crippen molar-refractivity contribution in [3.05, 3.63) is 0 Å². The molecule has 0 radical (unpaired) electrons. The van der Waals surface area contributed by atoms with Crippen LogP contribution in [0.25, 0.3) is 0 Å². The summed E-state index contributed by atoms with van der Waals surface area (Å²) in [5.74, 6) is 1.02. The number of phosphoric acid groups is 1. The van der Waals surface area contributed by atoms with Crippen LogP contribution in [-0.4, -0.2) is 56.4 Å². The molecule has 6 unspecified atom stereocenters. The molecule has 1 fully saturated rings. The van der Waals surface area contributed by atoms with Crippen LogP contribution < -0.4 is 4.89 Å². The van der Waals surface area contributed by atoms with Crippen molar-refractivity contribution < 1.29 is 28.1 Å². The quantitative estimate of drug-likeness (QED) is 0.535. The van der Waals surface area contributed by atoms with Gasteiger partial charge in [-0.3, -0.25) is 4.57 Å². The van der Waals surface area contributed by atoms with E-state index in [2.05, 4.69) is 13.8 Å². The second-order valence-corrected chi connectivity index (χ2v) is 9.34. The van der Waals surface area contributed by atoms with Gasteiger partial charge in [0.05, 0.1) is 27.2 Å². The number of methoxy groups -OCH3 is 1. The fourth-order valence-electron chi connectivity index (χ4n) is 3.70. The van der Waals surface area contributed by atoms with Gasteiger partial charge in [0.25, 0.3) is 7.82 Å². The van der Waals surface area contributed by atoms with Gasteiger partial charge in [-0.05, 0) is 37.5 Å². The van der Waals surface area contributed by atoms with Gasteiger partial charge in [0, 0.05) is 7.11 Å². The van der Waals surface area contributed by atoms with Crippen molar-refractivity contribution in [3.63, 3.8) is 0 Å². The van der Waals surface area contributed by atoms with Gasteiger partial charge in [0.2, 0.25) is 0 Å². The molecule has 0 aromatic carbocycles. The average molecular weight is 351 g/mol. The van der Waals surface area contributed by atoms with Crippen molar-refractivity contribution in [2.75, 3.05) is 34.8 Å². The third-order valence-electron chi connectivity index (χ3n) is 4.91. The van der Waals surface area contributed by atoms with Crippen molar-refractivity contribution in [1.82, 2.24) is 0 Å². The lowest BCUT2D eigenvalue weighted by atomic mass is 9.71. The van der Waals surface area contributed by atoms with Gasteiger partial charge in [-0.2, -0.15) is 0 Å². The van der Waals surface area contributed by atoms with Gasteiger partial charge < -0.3 is 23.5 Å². The Bertz CT molecular complexity index is 406. The Kier molecular flexibility index (Phi) is 7.71. The number of likely N-dealkylation sites (N-methyl/N-ethyl adjacent to an activating group) is 1. The zero-order chi connectivity index (χ0) is 17.8. The van der Waals surface area contributed by atoms with Gasteiger partial charge in [-0.1, -0.05) is 19.8 Å². The summed E-state index contributed by atoms with van der Waals surface area (Å²) < 4.78 is 22.4. The largest absolute Gasteiger partial charge is 0.756 e. The van der Waals surface area contributed by atoms with Crippen LogP contribution in [0.1, 0.15) is 39.5 Å². The highest BCUT2D eigenvalue weighted by Crippen LogP contribution is 2.43. The summed E-state index contributed by atoms with van der Waals surface area (Å²) in [5.41, 5.74) is 0. The highest BCUT2D eigenvalue weighted by Gasteiger charge is 2.38. The topological polar surface area (TPSA) is 78.8 Å². The number of phosphoric ester groups is 1. The van der Waals surface area contributed by atoms with E-state index in [1.54, 1.807) is 7.11 Å². The highest BCUT2D eigenvalue weighted by atomic mass is 31.2. The van der Waals surface area contributed by atoms with Crippen molar-refractivity contribution in [3.8, 4) is 0 Å². The summed E-state index contributed by atoms with van der Waals surface area (Å²) in [4.78, 5) is 20.5. The molecule has 6 atom stereocenters. The molecule has 0 heterocycles. The molecular weight excluding hydrogens is 317 g/mol. The molecule has 7 heteroatoms. The minimum atomic E-state index is -4.74. The van der Waals surface area contributed by atoms with Gasteiger partial charge in [0.1, 0.15) is 12.6 Å². The van der Waals surface area contributed by atoms with E-state index in [1.807, 2.05) is 21.1 Å². The second kappa shape index (κ2) is 8.41. The van der Waals surface area contributed by atoms with Crippen molar-refractivity contribution >= 4 is 7.82 Å². The smallest absolute Gasteiger partial charge is 0.265 e. The standard InChI is InChI=1S/C16H34NO5P/c1-12-7-8-14(9-13(2)21-6)10-15(12)16(11-17(3,4)5)22-23(18,19)20/h12-16H,7-11H2,1-6H3,(H-,18,19,20). The molecule has 1 aliphatic carbocycles. The molecule has 0 spiro atoms. The van der Waals surface area contributed by atoms with Gasteiger partial charge in [0.15, 0.2) is 0 Å². The number of hydrogen-bond acceptors (Lipinski definition) is 4. The maximum absolute atomic E-state index is 11.3. The fourth-order valence-corrected chi connectivity index (χ4v) is 4.27. The Morgan fingerprint density at radius 3 is 2.43 bits per heavy atom. The molecule has 0 aromatic rings. The summed E-state index contributed by atoms with van der Waals surface area (Å²) in [6.45, 7) is 4.76. The van der Waals surface area contributed by atoms with E-state index in [0.717, 1.165) is 25.7 Å². The Morgan fingerprint density at radius 2 is 1.96 bits per heavy atom. The highest BCUT2D eigenvalue weighted by molar-refractivity contribution is 7.44. The number of nitrogens with zero attached hydrogens (tertiary/aromatic N) is 1. The van der Waals surface area contributed by atoms with E-state index in [-0.39, 0.29) is 12.0 Å². The normalized spacial score (nSPS) is 31.4. The lowest BCUT2D eigenvalue weighted by Crippen LogP contribution is -2.47. The number of hydrogen-bond donors (Lipinski definition) is 1. The zero-order valence-electron chi connectivity index (χ0n) is 15.4. The molecule has 0 aromatic heterocycles. The summed E-state index contributed by atoms with van der Waals surface area (Å²) >= 11 is 0. The molecule has 138 valence electrons. The van der Waals surface area contributed by atoms with Crippen LogP contribution in [0.5, 0.6) is 0 Å². The Labute approximate surface area is 141 Å². The van der Waals surface area contributed by atoms with E-state index in [0.29, 0.717) is 22.9 Å². The predicted octanol–water partition coefficient (Wildman–Crippen LogP) is 2.02. The van der Waals surface area contributed by atoms with Crippen LogP contribution in [0, 0.1) is 17.8 Å². The van der Waals surface area contributed by atoms with E-state index in [9.17, 15) is 14.4 Å². The second-order valence-electron chi connectivity index (χ2n) is 8.19. The summed E-state index contributed by atoms with van der Waals surface area (Å²) in [5, 5.41) is 0. The molecule has 23 heavy (non-hydrogen) atoms. The third kappa shape index (κ3) is 8.10. The van der Waals surface area contributed by atoms with Crippen LogP contribution in [0.15, 0.2) is 0 Å². The van der Waals surface area contributed by atoms with Crippen LogP contribution in [0.3, 0.4) is 0 Å². The Morgan fingerprint density at radius 1 is 1.35 bits per heavy atom. The molecule has 0 bridgehead atoms. The van der Waals surface area contributed by atoms with Gasteiger partial charge >= 0.3 is 0 Å². The molecular formula is C16H34NO5P. The van der Waals surface area contributed by atoms with E-state index in [4.69, 9.17) is 9.26 Å². The molecule has 1 rings (SSSR count). The summed E-state index contributed by atoms with van der Waals surface area (Å²) in [7, 11) is 2.98. The first-order valence-corrected chi connectivity index (χ1v) is 9.96. The van der Waals surface area contributed by atoms with Crippen molar-refractivity contribution in [2.24, 2.45) is 17.8 Å². The van der Waals surface area contributed by atoms with Crippen LogP contribution in [0.4, 0.5) is 0 Å². The predicted molar refractivity (Wildman–Crippen MR) is 88.7 cm³/mol. The number of quaternary nitrogens is 1. The molecule has 6 nitrogen and oxygen atoms in total. The van der Waals surface area contributed by atoms with Crippen molar-refractivity contribution in [1.29, 1.82) is 0 Å². The summed E-state index contributed by atoms with van der Waals surface area (Å²) in [6, 6.07) is 0. The Balaban J connectivity index is 2.85. The monoisotopic (exact) mass is 351 g/mol. The first-order chi connectivity index (χ1) is 10.4. The van der Waals surface area contributed by atoms with E-state index in [1.165, 1.54) is 0 Å². The molecule has 0 amide bonds. The number of rotatable bonds is 8. The van der Waals surface area contributed by atoms with Crippen LogP contribution >= 0.6 is 7.82 Å². The number of ether oxygens (including phenoxy) is 1. The molecule has 1 N–H and O–H groups in total. The molecule has 1 saturated carbocycles.